The molecule has 0 spiro atoms. The molecule has 0 radical (unpaired) electrons. The van der Waals surface area contributed by atoms with E-state index < -0.39 is 11.9 Å². The fourth-order valence-electron chi connectivity index (χ4n) is 2.76. The Bertz CT molecular complexity index is 1010. The van der Waals surface area contributed by atoms with E-state index in [1.807, 2.05) is 11.4 Å². The van der Waals surface area contributed by atoms with Gasteiger partial charge in [-0.15, -0.1) is 16.4 Å². The first-order valence-corrected chi connectivity index (χ1v) is 9.03. The molecular weight excluding hydrogens is 370 g/mol. The van der Waals surface area contributed by atoms with Gasteiger partial charge in [-0.1, -0.05) is 6.92 Å². The molecule has 9 nitrogen and oxygen atoms in total. The van der Waals surface area contributed by atoms with Gasteiger partial charge in [0.05, 0.1) is 11.3 Å². The van der Waals surface area contributed by atoms with Gasteiger partial charge in [0.25, 0.3) is 0 Å². The lowest BCUT2D eigenvalue weighted by atomic mass is 9.98. The number of furan rings is 1. The molecule has 1 atom stereocenters. The monoisotopic (exact) mass is 385 g/mol. The summed E-state index contributed by atoms with van der Waals surface area (Å²) in [6, 6.07) is 6.18. The van der Waals surface area contributed by atoms with Crippen LogP contribution in [0.4, 0.5) is 21.4 Å². The summed E-state index contributed by atoms with van der Waals surface area (Å²) in [6.07, 6.45) is 1.72. The molecule has 3 aromatic heterocycles. The zero-order valence-corrected chi connectivity index (χ0v) is 15.0. The molecule has 27 heavy (non-hydrogen) atoms. The number of rotatable bonds is 3. The van der Waals surface area contributed by atoms with E-state index in [0.717, 1.165) is 4.68 Å². The van der Waals surface area contributed by atoms with Crippen LogP contribution in [0.3, 0.4) is 0 Å². The molecule has 1 aliphatic rings. The molecule has 1 aliphatic heterocycles. The molecule has 3 aromatic rings. The summed E-state index contributed by atoms with van der Waals surface area (Å²) < 4.78 is 6.17. The lowest BCUT2D eigenvalue weighted by Gasteiger charge is -2.19. The first kappa shape index (κ1) is 17.0. The lowest BCUT2D eigenvalue weighted by Crippen LogP contribution is -2.30. The fraction of sp³-hybridized carbons (Fsp3) is 0.176. The maximum atomic E-state index is 12.7. The van der Waals surface area contributed by atoms with Crippen LogP contribution in [0.15, 0.2) is 40.3 Å². The lowest BCUT2D eigenvalue weighted by molar-refractivity contribution is -0.119. The zero-order valence-electron chi connectivity index (χ0n) is 14.2. The molecule has 0 saturated carbocycles. The van der Waals surface area contributed by atoms with Gasteiger partial charge in [-0.25, -0.2) is 4.79 Å². The second-order valence-electron chi connectivity index (χ2n) is 6.02. The van der Waals surface area contributed by atoms with Crippen LogP contribution >= 0.6 is 11.3 Å². The summed E-state index contributed by atoms with van der Waals surface area (Å²) in [4.78, 5) is 37.0. The van der Waals surface area contributed by atoms with E-state index in [1.165, 1.54) is 23.7 Å². The number of carbonyl (C=O) groups excluding carboxylic acids is 3. The number of urea groups is 1. The van der Waals surface area contributed by atoms with Crippen molar-refractivity contribution < 1.29 is 18.8 Å². The van der Waals surface area contributed by atoms with Crippen molar-refractivity contribution in [2.45, 2.75) is 13.3 Å². The Morgan fingerprint density at radius 3 is 2.89 bits per heavy atom. The van der Waals surface area contributed by atoms with E-state index in [2.05, 4.69) is 21.0 Å². The molecule has 0 bridgehead atoms. The maximum Gasteiger partial charge on any atom is 0.325 e. The number of hydrogen-bond acceptors (Lipinski definition) is 6. The van der Waals surface area contributed by atoms with Gasteiger partial charge in [-0.2, -0.15) is 4.68 Å². The van der Waals surface area contributed by atoms with Gasteiger partial charge in [-0.3, -0.25) is 20.2 Å². The highest BCUT2D eigenvalue weighted by atomic mass is 32.1. The van der Waals surface area contributed by atoms with Crippen molar-refractivity contribution in [1.82, 2.24) is 9.78 Å². The van der Waals surface area contributed by atoms with Gasteiger partial charge in [0, 0.05) is 11.5 Å². The summed E-state index contributed by atoms with van der Waals surface area (Å²) in [5.41, 5.74) is 0.586. The molecule has 0 saturated heterocycles. The Morgan fingerprint density at radius 2 is 2.19 bits per heavy atom. The van der Waals surface area contributed by atoms with Crippen molar-refractivity contribution in [3.8, 4) is 0 Å². The van der Waals surface area contributed by atoms with Gasteiger partial charge in [0.15, 0.2) is 11.6 Å². The van der Waals surface area contributed by atoms with E-state index in [-0.39, 0.29) is 29.2 Å². The minimum absolute atomic E-state index is 0.0720. The van der Waals surface area contributed by atoms with Crippen LogP contribution in [-0.4, -0.2) is 27.6 Å². The summed E-state index contributed by atoms with van der Waals surface area (Å²) in [7, 11) is 0. The molecule has 138 valence electrons. The number of carbonyl (C=O) groups is 3. The summed E-state index contributed by atoms with van der Waals surface area (Å²) in [5, 5.41) is 14.8. The number of nitrogens with zero attached hydrogens (tertiary/aromatic N) is 2. The molecule has 1 unspecified atom stereocenters. The number of nitrogens with one attached hydrogen (secondary N) is 3. The largest absolute Gasteiger partial charge is 0.459 e. The highest BCUT2D eigenvalue weighted by Crippen LogP contribution is 2.32. The van der Waals surface area contributed by atoms with Crippen LogP contribution in [0.25, 0.3) is 0 Å². The Kier molecular flexibility index (Phi) is 4.24. The number of anilines is 3. The normalized spacial score (nSPS) is 15.7. The van der Waals surface area contributed by atoms with E-state index in [1.54, 1.807) is 19.1 Å². The van der Waals surface area contributed by atoms with Crippen molar-refractivity contribution in [3.05, 3.63) is 47.2 Å². The summed E-state index contributed by atoms with van der Waals surface area (Å²) in [6.45, 7) is 1.76. The van der Waals surface area contributed by atoms with Crippen molar-refractivity contribution in [3.63, 3.8) is 0 Å². The van der Waals surface area contributed by atoms with Crippen molar-refractivity contribution >= 4 is 45.8 Å². The molecule has 0 aromatic carbocycles. The van der Waals surface area contributed by atoms with Crippen LogP contribution in [0.1, 0.15) is 23.0 Å². The van der Waals surface area contributed by atoms with E-state index in [0.29, 0.717) is 17.0 Å². The number of amides is 3. The van der Waals surface area contributed by atoms with Gasteiger partial charge >= 0.3 is 11.9 Å². The molecular formula is C17H15N5O4S. The van der Waals surface area contributed by atoms with Gasteiger partial charge in [0.1, 0.15) is 5.82 Å². The first-order valence-electron chi connectivity index (χ1n) is 8.15. The van der Waals surface area contributed by atoms with Crippen LogP contribution in [-0.2, 0) is 11.2 Å². The summed E-state index contributed by atoms with van der Waals surface area (Å²) in [5.74, 6) is -0.544. The van der Waals surface area contributed by atoms with Gasteiger partial charge < -0.3 is 9.73 Å². The van der Waals surface area contributed by atoms with Gasteiger partial charge in [0.2, 0.25) is 5.91 Å². The highest BCUT2D eigenvalue weighted by Gasteiger charge is 2.32. The predicted molar refractivity (Wildman–Crippen MR) is 99.1 cm³/mol. The first-order chi connectivity index (χ1) is 13.0. The van der Waals surface area contributed by atoms with Crippen molar-refractivity contribution in [1.29, 1.82) is 0 Å². The average molecular weight is 385 g/mol. The number of fused-ring (bicyclic) bond motifs is 1. The highest BCUT2D eigenvalue weighted by molar-refractivity contribution is 7.14. The topological polar surface area (TPSA) is 118 Å². The fourth-order valence-corrected chi connectivity index (χ4v) is 3.38. The minimum atomic E-state index is -0.544. The Morgan fingerprint density at radius 1 is 1.33 bits per heavy atom. The van der Waals surface area contributed by atoms with Crippen LogP contribution in [0, 0.1) is 5.92 Å². The molecule has 3 amide bonds. The predicted octanol–water partition coefficient (Wildman–Crippen LogP) is 3.00. The molecule has 0 aliphatic carbocycles. The second kappa shape index (κ2) is 6.72. The van der Waals surface area contributed by atoms with Crippen LogP contribution in [0.5, 0.6) is 0 Å². The smallest absolute Gasteiger partial charge is 0.325 e. The Hall–Kier alpha value is -3.40. The third-order valence-corrected chi connectivity index (χ3v) is 4.88. The third kappa shape index (κ3) is 3.22. The van der Waals surface area contributed by atoms with E-state index in [9.17, 15) is 14.4 Å². The number of aromatic nitrogens is 2. The van der Waals surface area contributed by atoms with E-state index >= 15 is 0 Å². The SMILES string of the molecule is CC1Cc2c(NC(=O)Nc3cccs3)nn(C(=O)c3ccco3)c2NC1=O. The molecule has 3 N–H and O–H groups in total. The Balaban J connectivity index is 1.67. The molecule has 10 heteroatoms. The molecule has 4 heterocycles. The number of thiophene rings is 1. The van der Waals surface area contributed by atoms with Crippen LogP contribution < -0.4 is 16.0 Å². The Labute approximate surface area is 157 Å². The van der Waals surface area contributed by atoms with Crippen molar-refractivity contribution in [2.75, 3.05) is 16.0 Å². The van der Waals surface area contributed by atoms with E-state index in [4.69, 9.17) is 4.42 Å². The quantitative estimate of drug-likeness (QED) is 0.640. The second-order valence-corrected chi connectivity index (χ2v) is 6.97. The third-order valence-electron chi connectivity index (χ3n) is 4.10. The average Bonchev–Trinajstić information content (AvgIpc) is 3.38. The van der Waals surface area contributed by atoms with Crippen molar-refractivity contribution in [2.24, 2.45) is 5.92 Å². The minimum Gasteiger partial charge on any atom is -0.459 e. The van der Waals surface area contributed by atoms with Gasteiger partial charge in [-0.05, 0) is 36.1 Å². The maximum absolute atomic E-state index is 12.7. The number of hydrogen-bond donors (Lipinski definition) is 3. The van der Waals surface area contributed by atoms with Crippen LogP contribution in [0.2, 0.25) is 0 Å². The summed E-state index contributed by atoms with van der Waals surface area (Å²) >= 11 is 1.38. The zero-order chi connectivity index (χ0) is 19.0. The molecule has 4 rings (SSSR count). The molecule has 0 fully saturated rings. The standard InChI is InChI=1S/C17H15N5O4S/c1-9-8-10-13(19-17(25)18-12-5-3-7-27-12)21-22(14(10)20-15(9)23)16(24)11-4-2-6-26-11/h2-7,9H,8H2,1H3,(H,20,23)(H2,18,19,21,25).